The van der Waals surface area contributed by atoms with Crippen LogP contribution in [0.2, 0.25) is 0 Å². The Morgan fingerprint density at radius 2 is 1.50 bits per heavy atom. The highest BCUT2D eigenvalue weighted by Crippen LogP contribution is 2.23. The van der Waals surface area contributed by atoms with E-state index in [4.69, 9.17) is 9.47 Å². The Morgan fingerprint density at radius 1 is 1.10 bits per heavy atom. The van der Waals surface area contributed by atoms with Crippen LogP contribution in [0.5, 0.6) is 0 Å². The summed E-state index contributed by atoms with van der Waals surface area (Å²) in [6, 6.07) is 0. The third-order valence-corrected chi connectivity index (χ3v) is 2.03. The molecule has 1 rings (SSSR count). The van der Waals surface area contributed by atoms with Crippen molar-refractivity contribution in [2.75, 3.05) is 14.2 Å². The van der Waals surface area contributed by atoms with Gasteiger partial charge >= 0.3 is 0 Å². The molecule has 0 aromatic rings. The number of ether oxygens (including phenoxy) is 2. The van der Waals surface area contributed by atoms with Crippen LogP contribution >= 0.6 is 0 Å². The largest absolute Gasteiger partial charge is 0.393 e. The zero-order valence-corrected chi connectivity index (χ0v) is 6.41. The molecule has 2 atom stereocenters. The van der Waals surface area contributed by atoms with Gasteiger partial charge in [0.25, 0.3) is 0 Å². The third-order valence-electron chi connectivity index (χ3n) is 2.03. The second-order valence-electron chi connectivity index (χ2n) is 2.67. The van der Waals surface area contributed by atoms with E-state index in [-0.39, 0.29) is 18.3 Å². The Labute approximate surface area is 60.9 Å². The SMILES string of the molecule is CO[C@@H]1CC(O)C[C@H]1OC. The lowest BCUT2D eigenvalue weighted by molar-refractivity contribution is -0.0157. The third kappa shape index (κ3) is 1.48. The molecule has 1 aliphatic rings. The molecule has 0 saturated heterocycles. The van der Waals surface area contributed by atoms with E-state index in [1.807, 2.05) is 0 Å². The van der Waals surface area contributed by atoms with Crippen LogP contribution in [0.25, 0.3) is 0 Å². The predicted molar refractivity (Wildman–Crippen MR) is 36.8 cm³/mol. The van der Waals surface area contributed by atoms with Gasteiger partial charge in [0.1, 0.15) is 0 Å². The summed E-state index contributed by atoms with van der Waals surface area (Å²) in [6.45, 7) is 0. The van der Waals surface area contributed by atoms with Gasteiger partial charge in [0.15, 0.2) is 0 Å². The number of rotatable bonds is 2. The first kappa shape index (κ1) is 7.98. The molecule has 0 aromatic heterocycles. The van der Waals surface area contributed by atoms with E-state index >= 15 is 0 Å². The van der Waals surface area contributed by atoms with Crippen LogP contribution in [-0.2, 0) is 9.47 Å². The van der Waals surface area contributed by atoms with Gasteiger partial charge in [0, 0.05) is 27.1 Å². The molecule has 10 heavy (non-hydrogen) atoms. The zero-order chi connectivity index (χ0) is 7.56. The molecular weight excluding hydrogens is 132 g/mol. The average molecular weight is 146 g/mol. The molecule has 0 unspecified atom stereocenters. The first-order chi connectivity index (χ1) is 4.77. The van der Waals surface area contributed by atoms with E-state index in [1.54, 1.807) is 14.2 Å². The molecule has 0 bridgehead atoms. The van der Waals surface area contributed by atoms with Gasteiger partial charge in [-0.05, 0) is 0 Å². The van der Waals surface area contributed by atoms with Crippen molar-refractivity contribution in [2.24, 2.45) is 0 Å². The van der Waals surface area contributed by atoms with E-state index < -0.39 is 0 Å². The molecule has 60 valence electrons. The summed E-state index contributed by atoms with van der Waals surface area (Å²) in [6.07, 6.45) is 1.33. The molecule has 0 radical (unpaired) electrons. The summed E-state index contributed by atoms with van der Waals surface area (Å²) >= 11 is 0. The van der Waals surface area contributed by atoms with Crippen LogP contribution in [0.4, 0.5) is 0 Å². The fraction of sp³-hybridized carbons (Fsp3) is 1.00. The molecule has 1 saturated carbocycles. The van der Waals surface area contributed by atoms with Crippen LogP contribution in [0.1, 0.15) is 12.8 Å². The Balaban J connectivity index is 2.41. The van der Waals surface area contributed by atoms with Gasteiger partial charge in [-0.25, -0.2) is 0 Å². The molecule has 0 aromatic carbocycles. The van der Waals surface area contributed by atoms with Crippen molar-refractivity contribution < 1.29 is 14.6 Å². The van der Waals surface area contributed by atoms with Gasteiger partial charge in [-0.2, -0.15) is 0 Å². The molecule has 3 heteroatoms. The minimum Gasteiger partial charge on any atom is -0.393 e. The van der Waals surface area contributed by atoms with Gasteiger partial charge in [0.05, 0.1) is 18.3 Å². The maximum Gasteiger partial charge on any atom is 0.0858 e. The molecule has 1 N–H and O–H groups in total. The molecule has 1 aliphatic carbocycles. The Bertz CT molecular complexity index is 93.0. The Kier molecular flexibility index (Phi) is 2.65. The standard InChI is InChI=1S/C7H14O3/c1-9-6-3-5(8)4-7(6)10-2/h5-8H,3-4H2,1-2H3/t6-,7-/m1/s1. The van der Waals surface area contributed by atoms with Crippen molar-refractivity contribution in [1.82, 2.24) is 0 Å². The highest BCUT2D eigenvalue weighted by atomic mass is 16.5. The lowest BCUT2D eigenvalue weighted by Crippen LogP contribution is -2.23. The highest BCUT2D eigenvalue weighted by molar-refractivity contribution is 4.84. The summed E-state index contributed by atoms with van der Waals surface area (Å²) in [5.74, 6) is 0. The van der Waals surface area contributed by atoms with Gasteiger partial charge < -0.3 is 14.6 Å². The quantitative estimate of drug-likeness (QED) is 0.603. The zero-order valence-electron chi connectivity index (χ0n) is 6.41. The van der Waals surface area contributed by atoms with Gasteiger partial charge in [-0.3, -0.25) is 0 Å². The van der Waals surface area contributed by atoms with E-state index in [0.29, 0.717) is 12.8 Å². The lowest BCUT2D eigenvalue weighted by Gasteiger charge is -2.14. The van der Waals surface area contributed by atoms with Crippen LogP contribution in [0, 0.1) is 0 Å². The number of hydrogen-bond acceptors (Lipinski definition) is 3. The fourth-order valence-corrected chi connectivity index (χ4v) is 1.43. The van der Waals surface area contributed by atoms with Crippen molar-refractivity contribution >= 4 is 0 Å². The van der Waals surface area contributed by atoms with Crippen LogP contribution in [-0.4, -0.2) is 37.6 Å². The smallest absolute Gasteiger partial charge is 0.0858 e. The normalized spacial score (nSPS) is 35.1. The summed E-state index contributed by atoms with van der Waals surface area (Å²) in [7, 11) is 3.30. The fourth-order valence-electron chi connectivity index (χ4n) is 1.43. The molecule has 3 nitrogen and oxygen atoms in total. The van der Waals surface area contributed by atoms with Crippen molar-refractivity contribution in [3.8, 4) is 0 Å². The van der Waals surface area contributed by atoms with Crippen molar-refractivity contribution in [3.05, 3.63) is 0 Å². The molecule has 0 amide bonds. The van der Waals surface area contributed by atoms with Gasteiger partial charge in [-0.1, -0.05) is 0 Å². The summed E-state index contributed by atoms with van der Waals surface area (Å²) in [5.41, 5.74) is 0. The Morgan fingerprint density at radius 3 is 1.80 bits per heavy atom. The maximum atomic E-state index is 9.17. The second-order valence-corrected chi connectivity index (χ2v) is 2.67. The molecule has 0 heterocycles. The van der Waals surface area contributed by atoms with Crippen LogP contribution in [0.3, 0.4) is 0 Å². The average Bonchev–Trinajstić information content (AvgIpc) is 2.30. The monoisotopic (exact) mass is 146 g/mol. The van der Waals surface area contributed by atoms with E-state index in [1.165, 1.54) is 0 Å². The molecule has 0 spiro atoms. The second kappa shape index (κ2) is 3.32. The first-order valence-corrected chi connectivity index (χ1v) is 3.51. The highest BCUT2D eigenvalue weighted by Gasteiger charge is 2.33. The number of methoxy groups -OCH3 is 2. The molecular formula is C7H14O3. The number of hydrogen-bond donors (Lipinski definition) is 1. The predicted octanol–water partition coefficient (Wildman–Crippen LogP) is 0.171. The molecule has 0 aliphatic heterocycles. The topological polar surface area (TPSA) is 38.7 Å². The van der Waals surface area contributed by atoms with Gasteiger partial charge in [0.2, 0.25) is 0 Å². The minimum absolute atomic E-state index is 0.0833. The number of aliphatic hydroxyl groups is 1. The first-order valence-electron chi connectivity index (χ1n) is 3.51. The maximum absolute atomic E-state index is 9.17. The molecule has 1 fully saturated rings. The van der Waals surface area contributed by atoms with Crippen molar-refractivity contribution in [2.45, 2.75) is 31.2 Å². The lowest BCUT2D eigenvalue weighted by atomic mass is 10.3. The van der Waals surface area contributed by atoms with Crippen molar-refractivity contribution in [1.29, 1.82) is 0 Å². The Hall–Kier alpha value is -0.120. The van der Waals surface area contributed by atoms with E-state index in [2.05, 4.69) is 0 Å². The minimum atomic E-state index is -0.241. The van der Waals surface area contributed by atoms with Crippen LogP contribution in [0.15, 0.2) is 0 Å². The summed E-state index contributed by atoms with van der Waals surface area (Å²) < 4.78 is 10.2. The van der Waals surface area contributed by atoms with E-state index in [9.17, 15) is 5.11 Å². The summed E-state index contributed by atoms with van der Waals surface area (Å²) in [5, 5.41) is 9.17. The number of aliphatic hydroxyl groups excluding tert-OH is 1. The van der Waals surface area contributed by atoms with Crippen LogP contribution < -0.4 is 0 Å². The summed E-state index contributed by atoms with van der Waals surface area (Å²) in [4.78, 5) is 0. The van der Waals surface area contributed by atoms with Gasteiger partial charge in [-0.15, -0.1) is 0 Å². The van der Waals surface area contributed by atoms with E-state index in [0.717, 1.165) is 0 Å². The van der Waals surface area contributed by atoms with Crippen molar-refractivity contribution in [3.63, 3.8) is 0 Å².